The number of rotatable bonds is 1. The van der Waals surface area contributed by atoms with Crippen LogP contribution in [-0.2, 0) is 7.05 Å². The van der Waals surface area contributed by atoms with E-state index in [0.717, 1.165) is 0 Å². The average Bonchev–Trinajstić information content (AvgIpc) is 2.17. The predicted molar refractivity (Wildman–Crippen MR) is 40.6 cm³/mol. The lowest BCUT2D eigenvalue weighted by Gasteiger charge is -2.03. The number of aromatic hydroxyl groups is 2. The van der Waals surface area contributed by atoms with E-state index in [2.05, 4.69) is 4.98 Å². The summed E-state index contributed by atoms with van der Waals surface area (Å²) in [5, 5.41) is 18.1. The highest BCUT2D eigenvalue weighted by molar-refractivity contribution is 5.27. The van der Waals surface area contributed by atoms with Crippen molar-refractivity contribution >= 4 is 0 Å². The summed E-state index contributed by atoms with van der Waals surface area (Å²) in [4.78, 5) is 3.78. The molecule has 0 aliphatic rings. The monoisotopic (exact) mass is 156 g/mol. The molecule has 0 fully saturated rings. The number of hydrogen-bond donors (Lipinski definition) is 2. The van der Waals surface area contributed by atoms with Crippen LogP contribution < -0.4 is 0 Å². The Morgan fingerprint density at radius 2 is 1.91 bits per heavy atom. The van der Waals surface area contributed by atoms with Crippen LogP contribution in [0.1, 0.15) is 25.6 Å². The highest BCUT2D eigenvalue weighted by Gasteiger charge is 2.14. The fourth-order valence-corrected chi connectivity index (χ4v) is 1.01. The molecule has 0 saturated carbocycles. The standard InChI is InChI=1S/C7H12N2O2/c1-4(2)5-8-6(10)7(11)9(5)3/h4,10-11H,1-3H3. The van der Waals surface area contributed by atoms with E-state index in [1.807, 2.05) is 13.8 Å². The molecule has 0 unspecified atom stereocenters. The summed E-state index contributed by atoms with van der Waals surface area (Å²) in [5.41, 5.74) is 0. The Morgan fingerprint density at radius 1 is 1.36 bits per heavy atom. The minimum absolute atomic E-state index is 0.172. The van der Waals surface area contributed by atoms with E-state index in [9.17, 15) is 0 Å². The first-order valence-corrected chi connectivity index (χ1v) is 3.48. The summed E-state index contributed by atoms with van der Waals surface area (Å²) in [5.74, 6) is 0.414. The molecule has 4 nitrogen and oxygen atoms in total. The summed E-state index contributed by atoms with van der Waals surface area (Å²) in [6, 6.07) is 0. The molecule has 1 aromatic heterocycles. The van der Waals surface area contributed by atoms with Gasteiger partial charge in [-0.05, 0) is 0 Å². The van der Waals surface area contributed by atoms with Crippen molar-refractivity contribution < 1.29 is 10.2 Å². The average molecular weight is 156 g/mol. The third-order valence-corrected chi connectivity index (χ3v) is 1.60. The number of hydrogen-bond acceptors (Lipinski definition) is 3. The van der Waals surface area contributed by atoms with Crippen LogP contribution in [0.15, 0.2) is 0 Å². The minimum Gasteiger partial charge on any atom is -0.491 e. The minimum atomic E-state index is -0.295. The van der Waals surface area contributed by atoms with E-state index in [1.165, 1.54) is 4.57 Å². The maximum atomic E-state index is 9.13. The lowest BCUT2D eigenvalue weighted by atomic mass is 10.2. The Labute approximate surface area is 65.1 Å². The van der Waals surface area contributed by atoms with Crippen molar-refractivity contribution in [3.05, 3.63) is 5.82 Å². The Hall–Kier alpha value is -1.19. The third kappa shape index (κ3) is 1.15. The zero-order valence-electron chi connectivity index (χ0n) is 6.87. The third-order valence-electron chi connectivity index (χ3n) is 1.60. The van der Waals surface area contributed by atoms with Crippen LogP contribution >= 0.6 is 0 Å². The summed E-state index contributed by atoms with van der Waals surface area (Å²) in [6.07, 6.45) is 0. The van der Waals surface area contributed by atoms with Gasteiger partial charge in [0, 0.05) is 13.0 Å². The molecule has 11 heavy (non-hydrogen) atoms. The summed E-state index contributed by atoms with van der Waals surface area (Å²) < 4.78 is 1.47. The zero-order chi connectivity index (χ0) is 8.59. The van der Waals surface area contributed by atoms with Gasteiger partial charge in [-0.15, -0.1) is 0 Å². The molecule has 0 amide bonds. The normalized spacial score (nSPS) is 10.9. The lowest BCUT2D eigenvalue weighted by Crippen LogP contribution is -1.98. The van der Waals surface area contributed by atoms with E-state index >= 15 is 0 Å². The Morgan fingerprint density at radius 3 is 2.09 bits per heavy atom. The molecule has 0 atom stereocenters. The second-order valence-corrected chi connectivity index (χ2v) is 2.83. The molecule has 0 aromatic carbocycles. The van der Waals surface area contributed by atoms with E-state index in [1.54, 1.807) is 7.05 Å². The van der Waals surface area contributed by atoms with Crippen molar-refractivity contribution in [3.8, 4) is 11.8 Å². The van der Waals surface area contributed by atoms with Crippen LogP contribution in [0.25, 0.3) is 0 Å². The molecule has 0 bridgehead atoms. The molecule has 0 saturated heterocycles. The first-order chi connectivity index (χ1) is 5.04. The summed E-state index contributed by atoms with van der Waals surface area (Å²) in [7, 11) is 1.66. The van der Waals surface area contributed by atoms with E-state index in [-0.39, 0.29) is 17.7 Å². The van der Waals surface area contributed by atoms with Crippen molar-refractivity contribution in [2.45, 2.75) is 19.8 Å². The first-order valence-electron chi connectivity index (χ1n) is 3.48. The molecule has 2 N–H and O–H groups in total. The van der Waals surface area contributed by atoms with E-state index < -0.39 is 0 Å². The van der Waals surface area contributed by atoms with Crippen molar-refractivity contribution in [1.29, 1.82) is 0 Å². The van der Waals surface area contributed by atoms with Gasteiger partial charge in [-0.3, -0.25) is 4.57 Å². The molecule has 0 spiro atoms. The van der Waals surface area contributed by atoms with E-state index in [4.69, 9.17) is 10.2 Å². The molecule has 0 aliphatic heterocycles. The maximum absolute atomic E-state index is 9.13. The van der Waals surface area contributed by atoms with Crippen LogP contribution in [-0.4, -0.2) is 19.8 Å². The van der Waals surface area contributed by atoms with Gasteiger partial charge >= 0.3 is 0 Å². The van der Waals surface area contributed by atoms with Gasteiger partial charge in [-0.25, -0.2) is 0 Å². The summed E-state index contributed by atoms with van der Waals surface area (Å²) >= 11 is 0. The van der Waals surface area contributed by atoms with Crippen molar-refractivity contribution in [2.24, 2.45) is 7.05 Å². The van der Waals surface area contributed by atoms with Crippen LogP contribution in [0, 0.1) is 0 Å². The molecule has 1 rings (SSSR count). The van der Waals surface area contributed by atoms with Crippen LogP contribution in [0.2, 0.25) is 0 Å². The molecule has 0 radical (unpaired) electrons. The molecule has 1 aromatic rings. The second kappa shape index (κ2) is 2.45. The van der Waals surface area contributed by atoms with Gasteiger partial charge in [-0.1, -0.05) is 13.8 Å². The smallest absolute Gasteiger partial charge is 0.275 e. The topological polar surface area (TPSA) is 58.3 Å². The lowest BCUT2D eigenvalue weighted by molar-refractivity contribution is 0.373. The number of aromatic nitrogens is 2. The van der Waals surface area contributed by atoms with Gasteiger partial charge < -0.3 is 10.2 Å². The van der Waals surface area contributed by atoms with Gasteiger partial charge in [-0.2, -0.15) is 4.98 Å². The Balaban J connectivity index is 3.19. The second-order valence-electron chi connectivity index (χ2n) is 2.83. The molecular weight excluding hydrogens is 144 g/mol. The Kier molecular flexibility index (Phi) is 1.76. The van der Waals surface area contributed by atoms with Crippen molar-refractivity contribution in [1.82, 2.24) is 9.55 Å². The number of nitrogens with zero attached hydrogens (tertiary/aromatic N) is 2. The van der Waals surface area contributed by atoms with Gasteiger partial charge in [0.15, 0.2) is 0 Å². The van der Waals surface area contributed by atoms with E-state index in [0.29, 0.717) is 5.82 Å². The quantitative estimate of drug-likeness (QED) is 0.636. The first kappa shape index (κ1) is 7.91. The Bertz CT molecular complexity index is 266. The van der Waals surface area contributed by atoms with Gasteiger partial charge in [0.25, 0.3) is 11.8 Å². The molecular formula is C7H12N2O2. The van der Waals surface area contributed by atoms with Crippen LogP contribution in [0.4, 0.5) is 0 Å². The van der Waals surface area contributed by atoms with Gasteiger partial charge in [0.1, 0.15) is 5.82 Å². The van der Waals surface area contributed by atoms with Crippen LogP contribution in [0.3, 0.4) is 0 Å². The fraction of sp³-hybridized carbons (Fsp3) is 0.571. The zero-order valence-corrected chi connectivity index (χ0v) is 6.87. The van der Waals surface area contributed by atoms with Crippen molar-refractivity contribution in [3.63, 3.8) is 0 Å². The highest BCUT2D eigenvalue weighted by atomic mass is 16.3. The SMILES string of the molecule is CC(C)c1nc(O)c(O)n1C. The van der Waals surface area contributed by atoms with Gasteiger partial charge in [0.2, 0.25) is 0 Å². The fourth-order valence-electron chi connectivity index (χ4n) is 1.01. The summed E-state index contributed by atoms with van der Waals surface area (Å²) in [6.45, 7) is 3.89. The number of imidazole rings is 1. The largest absolute Gasteiger partial charge is 0.491 e. The molecule has 1 heterocycles. The molecule has 62 valence electrons. The van der Waals surface area contributed by atoms with Crippen molar-refractivity contribution in [2.75, 3.05) is 0 Å². The molecule has 0 aliphatic carbocycles. The van der Waals surface area contributed by atoms with Gasteiger partial charge in [0.05, 0.1) is 0 Å². The van der Waals surface area contributed by atoms with Crippen LogP contribution in [0.5, 0.6) is 11.8 Å². The molecule has 4 heteroatoms. The highest BCUT2D eigenvalue weighted by Crippen LogP contribution is 2.26. The maximum Gasteiger partial charge on any atom is 0.275 e. The predicted octanol–water partition coefficient (Wildman–Crippen LogP) is 0.955.